The van der Waals surface area contributed by atoms with Crippen molar-refractivity contribution in [2.24, 2.45) is 0 Å². The molecule has 2 amide bonds. The third-order valence-corrected chi connectivity index (χ3v) is 4.41. The van der Waals surface area contributed by atoms with Gasteiger partial charge in [0.15, 0.2) is 6.61 Å². The van der Waals surface area contributed by atoms with Gasteiger partial charge in [-0.25, -0.2) is 0 Å². The van der Waals surface area contributed by atoms with E-state index in [1.807, 2.05) is 0 Å². The zero-order valence-corrected chi connectivity index (χ0v) is 14.9. The maximum Gasteiger partial charge on any atom is 0.416 e. The number of fused-ring (bicyclic) bond motifs is 1. The van der Waals surface area contributed by atoms with Crippen LogP contribution in [0, 0.1) is 0 Å². The summed E-state index contributed by atoms with van der Waals surface area (Å²) < 4.78 is 43.2. The van der Waals surface area contributed by atoms with Crippen LogP contribution < -0.4 is 15.4 Å². The number of nitrogens with one attached hydrogen (secondary N) is 2. The van der Waals surface area contributed by atoms with Crippen LogP contribution in [0.1, 0.15) is 17.2 Å². The van der Waals surface area contributed by atoms with Gasteiger partial charge in [-0.2, -0.15) is 13.2 Å². The molecule has 27 heavy (non-hydrogen) atoms. The van der Waals surface area contributed by atoms with Gasteiger partial charge >= 0.3 is 6.18 Å². The van der Waals surface area contributed by atoms with E-state index in [1.165, 1.54) is 12.1 Å². The molecule has 0 radical (unpaired) electrons. The van der Waals surface area contributed by atoms with Crippen molar-refractivity contribution >= 4 is 40.7 Å². The average Bonchev–Trinajstić information content (AvgIpc) is 2.78. The first-order chi connectivity index (χ1) is 12.7. The summed E-state index contributed by atoms with van der Waals surface area (Å²) >= 11 is 12.2. The molecule has 1 atom stereocenters. The second-order valence-electron chi connectivity index (χ2n) is 5.63. The van der Waals surface area contributed by atoms with Crippen LogP contribution in [0.15, 0.2) is 36.4 Å². The molecule has 0 saturated heterocycles. The van der Waals surface area contributed by atoms with Crippen LogP contribution in [0.4, 0.5) is 18.9 Å². The topological polar surface area (TPSA) is 67.4 Å². The minimum atomic E-state index is -4.49. The smallest absolute Gasteiger partial charge is 0.416 e. The molecule has 3 rings (SSSR count). The Morgan fingerprint density at radius 1 is 1.11 bits per heavy atom. The quantitative estimate of drug-likeness (QED) is 0.767. The summed E-state index contributed by atoms with van der Waals surface area (Å²) in [5.74, 6) is -1.19. The van der Waals surface area contributed by atoms with Crippen molar-refractivity contribution < 1.29 is 27.5 Å². The van der Waals surface area contributed by atoms with Crippen molar-refractivity contribution in [1.29, 1.82) is 0 Å². The number of carbonyl (C=O) groups is 2. The molecule has 2 aromatic rings. The molecule has 0 saturated carbocycles. The number of rotatable bonds is 2. The molecule has 5 nitrogen and oxygen atoms in total. The Labute approximate surface area is 161 Å². The van der Waals surface area contributed by atoms with Crippen LogP contribution in [-0.2, 0) is 15.8 Å². The lowest BCUT2D eigenvalue weighted by atomic mass is 10.0. The highest BCUT2D eigenvalue weighted by atomic mass is 35.5. The van der Waals surface area contributed by atoms with Gasteiger partial charge in [-0.3, -0.25) is 9.59 Å². The van der Waals surface area contributed by atoms with E-state index in [9.17, 15) is 22.8 Å². The highest BCUT2D eigenvalue weighted by Gasteiger charge is 2.33. The fourth-order valence-corrected chi connectivity index (χ4v) is 3.01. The van der Waals surface area contributed by atoms with Crippen molar-refractivity contribution in [2.75, 3.05) is 11.9 Å². The Kier molecular flexibility index (Phi) is 5.21. The first-order valence-electron chi connectivity index (χ1n) is 7.55. The van der Waals surface area contributed by atoms with E-state index in [0.717, 1.165) is 24.3 Å². The monoisotopic (exact) mass is 418 g/mol. The molecule has 142 valence electrons. The minimum absolute atomic E-state index is 0.0927. The van der Waals surface area contributed by atoms with Gasteiger partial charge in [-0.1, -0.05) is 23.2 Å². The number of anilines is 1. The lowest BCUT2D eigenvalue weighted by molar-refractivity contribution is -0.137. The van der Waals surface area contributed by atoms with Crippen molar-refractivity contribution in [3.05, 3.63) is 57.6 Å². The van der Waals surface area contributed by atoms with Crippen LogP contribution in [0.5, 0.6) is 5.75 Å². The molecule has 2 aromatic carbocycles. The number of hydrogen-bond donors (Lipinski definition) is 2. The van der Waals surface area contributed by atoms with E-state index in [0.29, 0.717) is 0 Å². The van der Waals surface area contributed by atoms with Crippen LogP contribution in [-0.4, -0.2) is 18.4 Å². The number of alkyl halides is 3. The summed E-state index contributed by atoms with van der Waals surface area (Å²) in [7, 11) is 0. The first kappa shape index (κ1) is 19.3. The summed E-state index contributed by atoms with van der Waals surface area (Å²) in [6.45, 7) is -0.364. The molecule has 1 unspecified atom stereocenters. The number of carbonyl (C=O) groups excluding carboxylic acids is 2. The van der Waals surface area contributed by atoms with Crippen molar-refractivity contribution in [2.45, 2.75) is 12.2 Å². The minimum Gasteiger partial charge on any atom is -0.482 e. The van der Waals surface area contributed by atoms with Crippen LogP contribution in [0.25, 0.3) is 0 Å². The molecule has 1 heterocycles. The lowest BCUT2D eigenvalue weighted by Gasteiger charge is -2.19. The van der Waals surface area contributed by atoms with E-state index in [4.69, 9.17) is 27.9 Å². The lowest BCUT2D eigenvalue weighted by Crippen LogP contribution is -2.37. The number of hydrogen-bond acceptors (Lipinski definition) is 3. The summed E-state index contributed by atoms with van der Waals surface area (Å²) in [4.78, 5) is 24.5. The number of amides is 2. The Hall–Kier alpha value is -2.45. The van der Waals surface area contributed by atoms with Gasteiger partial charge in [-0.05, 0) is 36.4 Å². The molecule has 10 heteroatoms. The van der Waals surface area contributed by atoms with Gasteiger partial charge in [-0.15, -0.1) is 0 Å². The van der Waals surface area contributed by atoms with Crippen molar-refractivity contribution in [1.82, 2.24) is 5.32 Å². The van der Waals surface area contributed by atoms with Crippen LogP contribution in [0.3, 0.4) is 0 Å². The van der Waals surface area contributed by atoms with E-state index < -0.39 is 29.6 Å². The van der Waals surface area contributed by atoms with Crippen molar-refractivity contribution in [3.63, 3.8) is 0 Å². The van der Waals surface area contributed by atoms with E-state index in [-0.39, 0.29) is 33.7 Å². The first-order valence-corrected chi connectivity index (χ1v) is 8.30. The van der Waals surface area contributed by atoms with Gasteiger partial charge in [0.1, 0.15) is 11.8 Å². The molecule has 0 fully saturated rings. The third-order valence-electron chi connectivity index (χ3n) is 3.78. The Morgan fingerprint density at radius 2 is 1.74 bits per heavy atom. The molecule has 1 aliphatic rings. The molecule has 2 N–H and O–H groups in total. The normalized spacial score (nSPS) is 16.6. The Balaban J connectivity index is 1.90. The molecule has 0 spiro atoms. The predicted molar refractivity (Wildman–Crippen MR) is 92.9 cm³/mol. The second-order valence-corrected chi connectivity index (χ2v) is 6.44. The SMILES string of the molecule is O=C1COc2c(Cl)ccc(Cl)c2C(C(=O)Nc2ccc(C(F)(F)F)cc2)N1. The van der Waals surface area contributed by atoms with Gasteiger partial charge < -0.3 is 15.4 Å². The highest BCUT2D eigenvalue weighted by molar-refractivity contribution is 6.35. The van der Waals surface area contributed by atoms with E-state index in [2.05, 4.69) is 10.6 Å². The number of halogens is 5. The van der Waals surface area contributed by atoms with Gasteiger partial charge in [0, 0.05) is 11.3 Å². The summed E-state index contributed by atoms with van der Waals surface area (Å²) in [5, 5.41) is 5.22. The third kappa shape index (κ3) is 4.12. The summed E-state index contributed by atoms with van der Waals surface area (Å²) in [6.07, 6.45) is -4.49. The zero-order valence-electron chi connectivity index (χ0n) is 13.4. The maximum atomic E-state index is 12.7. The Bertz CT molecular complexity index is 902. The van der Waals surface area contributed by atoms with E-state index in [1.54, 1.807) is 0 Å². The largest absolute Gasteiger partial charge is 0.482 e. The molecule has 0 aliphatic carbocycles. The predicted octanol–water partition coefficient (Wildman–Crippen LogP) is 4.20. The Morgan fingerprint density at radius 3 is 2.37 bits per heavy atom. The van der Waals surface area contributed by atoms with Crippen molar-refractivity contribution in [3.8, 4) is 5.75 Å². The van der Waals surface area contributed by atoms with Gasteiger partial charge in [0.05, 0.1) is 15.6 Å². The summed E-state index contributed by atoms with van der Waals surface area (Å²) in [5.41, 5.74) is -0.566. The molecule has 1 aliphatic heterocycles. The zero-order chi connectivity index (χ0) is 19.8. The second kappa shape index (κ2) is 7.28. The van der Waals surface area contributed by atoms with E-state index >= 15 is 0 Å². The molecule has 0 bridgehead atoms. The van der Waals surface area contributed by atoms with Gasteiger partial charge in [0.25, 0.3) is 11.8 Å². The van der Waals surface area contributed by atoms with Crippen LogP contribution >= 0.6 is 23.2 Å². The molecule has 0 aromatic heterocycles. The maximum absolute atomic E-state index is 12.7. The van der Waals surface area contributed by atoms with Gasteiger partial charge in [0.2, 0.25) is 0 Å². The fraction of sp³-hybridized carbons (Fsp3) is 0.176. The fourth-order valence-electron chi connectivity index (χ4n) is 2.53. The molecular weight excluding hydrogens is 408 g/mol. The summed E-state index contributed by atoms with van der Waals surface area (Å²) in [6, 6.07) is 5.56. The average molecular weight is 419 g/mol. The highest BCUT2D eigenvalue weighted by Crippen LogP contribution is 2.39. The molecular formula is C17H11Cl2F3N2O3. The number of benzene rings is 2. The standard InChI is InChI=1S/C17H11Cl2F3N2O3/c18-10-5-6-11(19)15-13(10)14(24-12(25)7-27-15)16(26)23-9-3-1-8(2-4-9)17(20,21)22/h1-6,14H,7H2,(H,23,26)(H,24,25). The number of ether oxygens (including phenoxy) is 1. The van der Waals surface area contributed by atoms with Crippen LogP contribution in [0.2, 0.25) is 10.0 Å².